The fraction of sp³-hybridized carbons (Fsp3) is 0. The van der Waals surface area contributed by atoms with Gasteiger partial charge in [0.05, 0.1) is 5.39 Å². The van der Waals surface area contributed by atoms with Crippen molar-refractivity contribution in [2.75, 3.05) is 5.73 Å². The third kappa shape index (κ3) is 0.846. The molecule has 6 nitrogen and oxygen atoms in total. The Morgan fingerprint density at radius 2 is 2.21 bits per heavy atom. The molecule has 3 rings (SSSR count). The number of hydrogen-bond donors (Lipinski definition) is 2. The lowest BCUT2D eigenvalue weighted by atomic mass is 10.3. The van der Waals surface area contributed by atoms with Gasteiger partial charge in [-0.2, -0.15) is 4.98 Å². The van der Waals surface area contributed by atoms with Gasteiger partial charge in [0.1, 0.15) is 5.52 Å². The van der Waals surface area contributed by atoms with Crippen LogP contribution in [0.25, 0.3) is 22.2 Å². The van der Waals surface area contributed by atoms with E-state index in [4.69, 9.17) is 5.73 Å². The Labute approximate surface area is 78.2 Å². The van der Waals surface area contributed by atoms with Crippen LogP contribution in [0, 0.1) is 0 Å². The molecule has 0 atom stereocenters. The first-order chi connectivity index (χ1) is 6.84. The highest BCUT2D eigenvalue weighted by Crippen LogP contribution is 2.18. The molecule has 0 fully saturated rings. The zero-order valence-electron chi connectivity index (χ0n) is 7.10. The van der Waals surface area contributed by atoms with E-state index in [0.717, 1.165) is 10.9 Å². The number of anilines is 1. The molecule has 3 aromatic heterocycles. The molecular formula is C8H6N6. The highest BCUT2D eigenvalue weighted by atomic mass is 15.2. The number of hydrogen-bond acceptors (Lipinski definition) is 5. The van der Waals surface area contributed by atoms with Gasteiger partial charge in [-0.05, 0) is 12.1 Å². The molecule has 0 aliphatic heterocycles. The van der Waals surface area contributed by atoms with Gasteiger partial charge in [-0.25, -0.2) is 4.98 Å². The third-order valence-electron chi connectivity index (χ3n) is 1.98. The molecule has 68 valence electrons. The molecule has 0 spiro atoms. The van der Waals surface area contributed by atoms with Crippen molar-refractivity contribution in [1.82, 2.24) is 25.1 Å². The van der Waals surface area contributed by atoms with E-state index in [1.165, 1.54) is 0 Å². The van der Waals surface area contributed by atoms with E-state index < -0.39 is 0 Å². The SMILES string of the molecule is Nc1nc2ncccc3nnc([nH]1)c32. The minimum atomic E-state index is 0.290. The summed E-state index contributed by atoms with van der Waals surface area (Å²) in [4.78, 5) is 11.0. The summed E-state index contributed by atoms with van der Waals surface area (Å²) in [6.45, 7) is 0. The average molecular weight is 186 g/mol. The molecule has 3 aromatic rings. The number of aromatic amines is 1. The minimum absolute atomic E-state index is 0.290. The molecule has 0 unspecified atom stereocenters. The van der Waals surface area contributed by atoms with Gasteiger partial charge in [0.25, 0.3) is 0 Å². The van der Waals surface area contributed by atoms with Crippen LogP contribution in [0.2, 0.25) is 0 Å². The fourth-order valence-electron chi connectivity index (χ4n) is 1.41. The van der Waals surface area contributed by atoms with Gasteiger partial charge in [-0.15, -0.1) is 10.2 Å². The van der Waals surface area contributed by atoms with E-state index in [0.29, 0.717) is 11.3 Å². The number of nitrogens with zero attached hydrogens (tertiary/aromatic N) is 4. The maximum absolute atomic E-state index is 5.56. The minimum Gasteiger partial charge on any atom is -0.369 e. The second-order valence-electron chi connectivity index (χ2n) is 2.89. The Hall–Kier alpha value is -2.24. The number of aromatic nitrogens is 5. The number of rotatable bonds is 0. The first-order valence-corrected chi connectivity index (χ1v) is 4.07. The van der Waals surface area contributed by atoms with Crippen LogP contribution >= 0.6 is 0 Å². The molecule has 0 bridgehead atoms. The van der Waals surface area contributed by atoms with Crippen molar-refractivity contribution in [3.8, 4) is 0 Å². The molecule has 3 heterocycles. The second kappa shape index (κ2) is 2.38. The lowest BCUT2D eigenvalue weighted by Crippen LogP contribution is -1.95. The Bertz CT molecular complexity index is 613. The molecule has 0 aromatic carbocycles. The van der Waals surface area contributed by atoms with Gasteiger partial charge >= 0.3 is 0 Å². The highest BCUT2D eigenvalue weighted by Gasteiger charge is 2.07. The summed E-state index contributed by atoms with van der Waals surface area (Å²) in [5, 5.41) is 8.73. The zero-order chi connectivity index (χ0) is 9.54. The number of nitrogens with one attached hydrogen (secondary N) is 1. The van der Waals surface area contributed by atoms with Crippen LogP contribution in [-0.4, -0.2) is 25.1 Å². The van der Waals surface area contributed by atoms with Crippen LogP contribution < -0.4 is 5.73 Å². The van der Waals surface area contributed by atoms with Crippen molar-refractivity contribution in [2.24, 2.45) is 0 Å². The predicted molar refractivity (Wildman–Crippen MR) is 51.4 cm³/mol. The van der Waals surface area contributed by atoms with Crippen molar-refractivity contribution in [2.45, 2.75) is 0 Å². The molecule has 0 saturated carbocycles. The second-order valence-corrected chi connectivity index (χ2v) is 2.89. The molecule has 0 aliphatic rings. The van der Waals surface area contributed by atoms with Gasteiger partial charge in [-0.1, -0.05) is 0 Å². The summed E-state index contributed by atoms with van der Waals surface area (Å²) in [6.07, 6.45) is 1.66. The van der Waals surface area contributed by atoms with Gasteiger partial charge in [-0.3, -0.25) is 0 Å². The number of nitrogens with two attached hydrogens (primary N) is 1. The molecule has 0 aliphatic carbocycles. The molecule has 0 radical (unpaired) electrons. The predicted octanol–water partition coefficient (Wildman–Crippen LogP) is 0.483. The largest absolute Gasteiger partial charge is 0.369 e. The lowest BCUT2D eigenvalue weighted by Gasteiger charge is -1.93. The van der Waals surface area contributed by atoms with Crippen molar-refractivity contribution in [3.63, 3.8) is 0 Å². The molecule has 0 amide bonds. The molecule has 14 heavy (non-hydrogen) atoms. The van der Waals surface area contributed by atoms with E-state index in [2.05, 4.69) is 25.1 Å². The van der Waals surface area contributed by atoms with E-state index in [9.17, 15) is 0 Å². The van der Waals surface area contributed by atoms with E-state index in [1.54, 1.807) is 12.3 Å². The van der Waals surface area contributed by atoms with Gasteiger partial charge in [0, 0.05) is 6.20 Å². The summed E-state index contributed by atoms with van der Waals surface area (Å²) >= 11 is 0. The molecule has 3 N–H and O–H groups in total. The van der Waals surface area contributed by atoms with Crippen LogP contribution in [0.3, 0.4) is 0 Å². The zero-order valence-corrected chi connectivity index (χ0v) is 7.10. The lowest BCUT2D eigenvalue weighted by molar-refractivity contribution is 1.11. The first kappa shape index (κ1) is 7.19. The Kier molecular flexibility index (Phi) is 1.22. The topological polar surface area (TPSA) is 93.4 Å². The number of H-pyrrole nitrogens is 1. The fourth-order valence-corrected chi connectivity index (χ4v) is 1.41. The molecule has 6 heteroatoms. The van der Waals surface area contributed by atoms with Crippen LogP contribution in [-0.2, 0) is 0 Å². The summed E-state index contributed by atoms with van der Waals surface area (Å²) < 4.78 is 0. The normalized spacial score (nSPS) is 11.1. The summed E-state index contributed by atoms with van der Waals surface area (Å²) in [6, 6.07) is 3.63. The van der Waals surface area contributed by atoms with Crippen LogP contribution in [0.5, 0.6) is 0 Å². The van der Waals surface area contributed by atoms with Crippen molar-refractivity contribution >= 4 is 28.1 Å². The smallest absolute Gasteiger partial charge is 0.201 e. The van der Waals surface area contributed by atoms with Gasteiger partial charge in [0.2, 0.25) is 5.95 Å². The first-order valence-electron chi connectivity index (χ1n) is 4.07. The molecule has 0 saturated heterocycles. The highest BCUT2D eigenvalue weighted by molar-refractivity contribution is 6.01. The van der Waals surface area contributed by atoms with E-state index >= 15 is 0 Å². The van der Waals surface area contributed by atoms with E-state index in [-0.39, 0.29) is 5.95 Å². The Morgan fingerprint density at radius 3 is 3.14 bits per heavy atom. The molecular weight excluding hydrogens is 180 g/mol. The Morgan fingerprint density at radius 1 is 1.29 bits per heavy atom. The van der Waals surface area contributed by atoms with Crippen LogP contribution in [0.4, 0.5) is 5.95 Å². The van der Waals surface area contributed by atoms with Gasteiger partial charge in [0.15, 0.2) is 11.3 Å². The summed E-state index contributed by atoms with van der Waals surface area (Å²) in [5.41, 5.74) is 7.49. The standard InChI is InChI=1S/C8H6N6/c9-8-11-6-5-4(2-1-3-10-6)13-14-7(5)12-8/h1-3H,(H3,9,10,11,12,13,14). The van der Waals surface area contributed by atoms with Crippen LogP contribution in [0.1, 0.15) is 0 Å². The van der Waals surface area contributed by atoms with Crippen molar-refractivity contribution in [3.05, 3.63) is 18.3 Å². The van der Waals surface area contributed by atoms with E-state index in [1.807, 2.05) is 6.07 Å². The average Bonchev–Trinajstić information content (AvgIpc) is 2.43. The third-order valence-corrected chi connectivity index (χ3v) is 1.98. The number of nitrogen functional groups attached to an aromatic ring is 1. The Balaban J connectivity index is 2.70. The van der Waals surface area contributed by atoms with Crippen molar-refractivity contribution < 1.29 is 0 Å². The maximum Gasteiger partial charge on any atom is 0.201 e. The maximum atomic E-state index is 5.56. The van der Waals surface area contributed by atoms with Gasteiger partial charge < -0.3 is 10.7 Å². The monoisotopic (exact) mass is 186 g/mol. The van der Waals surface area contributed by atoms with Crippen molar-refractivity contribution in [1.29, 1.82) is 0 Å². The quantitative estimate of drug-likeness (QED) is 0.532. The van der Waals surface area contributed by atoms with Crippen LogP contribution in [0.15, 0.2) is 18.3 Å². The summed E-state index contributed by atoms with van der Waals surface area (Å²) in [7, 11) is 0. The summed E-state index contributed by atoms with van der Waals surface area (Å²) in [5.74, 6) is 0.290.